The zero-order chi connectivity index (χ0) is 30.8. The van der Waals surface area contributed by atoms with Crippen LogP contribution in [0.4, 0.5) is 0 Å². The van der Waals surface area contributed by atoms with Gasteiger partial charge in [-0.25, -0.2) is 0 Å². The Morgan fingerprint density at radius 1 is 0.429 bits per heavy atom. The van der Waals surface area contributed by atoms with E-state index in [0.29, 0.717) is 12.8 Å². The number of carbonyl (C=O) groups excluding carboxylic acids is 1. The topological polar surface area (TPSA) is 63.6 Å². The Balaban J connectivity index is 3.55. The maximum Gasteiger partial charge on any atom is 0.306 e. The number of aliphatic carboxylic acids is 1. The zero-order valence-electron chi connectivity index (χ0n) is 28.6. The zero-order valence-corrected chi connectivity index (χ0v) is 28.6. The van der Waals surface area contributed by atoms with Gasteiger partial charge in [0.1, 0.15) is 6.10 Å². The smallest absolute Gasteiger partial charge is 0.306 e. The van der Waals surface area contributed by atoms with Gasteiger partial charge in [0.2, 0.25) is 0 Å². The van der Waals surface area contributed by atoms with Crippen LogP contribution in [0.1, 0.15) is 226 Å². The summed E-state index contributed by atoms with van der Waals surface area (Å²) in [5, 5.41) is 9.06. The maximum absolute atomic E-state index is 12.4. The predicted molar refractivity (Wildman–Crippen MR) is 181 cm³/mol. The molecule has 0 radical (unpaired) electrons. The molecule has 1 atom stereocenters. The second-order valence-electron chi connectivity index (χ2n) is 13.1. The van der Waals surface area contributed by atoms with Crippen molar-refractivity contribution < 1.29 is 19.4 Å². The SMILES string of the molecule is CCCCCCCCCCCCCCCCCCCCCCCC(=O)OC(CCCCCCCCCC)CCC(=O)O. The molecule has 1 N–H and O–H groups in total. The molecule has 4 heteroatoms. The average Bonchev–Trinajstić information content (AvgIpc) is 2.97. The summed E-state index contributed by atoms with van der Waals surface area (Å²) in [5.41, 5.74) is 0. The number of carbonyl (C=O) groups is 2. The molecule has 0 aromatic rings. The van der Waals surface area contributed by atoms with Crippen LogP contribution in [-0.2, 0) is 14.3 Å². The molecule has 0 heterocycles. The standard InChI is InChI=1S/C38H74O4/c1-3-5-7-9-11-13-14-15-16-17-18-19-20-21-22-23-24-25-27-29-31-33-38(41)42-36(34-35-37(39)40)32-30-28-26-12-10-8-6-4-2/h36H,3-35H2,1-2H3,(H,39,40). The van der Waals surface area contributed by atoms with Crippen LogP contribution < -0.4 is 0 Å². The second-order valence-corrected chi connectivity index (χ2v) is 13.1. The Bertz CT molecular complexity index is 561. The lowest BCUT2D eigenvalue weighted by atomic mass is 10.0. The van der Waals surface area contributed by atoms with Gasteiger partial charge in [-0.2, -0.15) is 0 Å². The monoisotopic (exact) mass is 595 g/mol. The molecule has 250 valence electrons. The fourth-order valence-electron chi connectivity index (χ4n) is 6.00. The number of carboxylic acids is 1. The molecule has 1 unspecified atom stereocenters. The highest BCUT2D eigenvalue weighted by molar-refractivity contribution is 5.69. The van der Waals surface area contributed by atoms with Gasteiger partial charge >= 0.3 is 11.9 Å². The number of hydrogen-bond acceptors (Lipinski definition) is 3. The van der Waals surface area contributed by atoms with Crippen molar-refractivity contribution in [1.82, 2.24) is 0 Å². The van der Waals surface area contributed by atoms with Crippen molar-refractivity contribution in [3.63, 3.8) is 0 Å². The van der Waals surface area contributed by atoms with Crippen molar-refractivity contribution in [2.45, 2.75) is 232 Å². The Morgan fingerprint density at radius 3 is 1.07 bits per heavy atom. The first-order valence-electron chi connectivity index (χ1n) is 19.0. The molecule has 0 aliphatic carbocycles. The number of ether oxygens (including phenoxy) is 1. The van der Waals surface area contributed by atoms with Crippen LogP contribution in [0.3, 0.4) is 0 Å². The number of rotatable bonds is 35. The van der Waals surface area contributed by atoms with E-state index in [1.807, 2.05) is 0 Å². The number of esters is 1. The minimum Gasteiger partial charge on any atom is -0.481 e. The summed E-state index contributed by atoms with van der Waals surface area (Å²) >= 11 is 0. The number of unbranched alkanes of at least 4 members (excludes halogenated alkanes) is 27. The summed E-state index contributed by atoms with van der Waals surface area (Å²) in [6, 6.07) is 0. The minimum atomic E-state index is -0.809. The molecule has 0 aromatic carbocycles. The van der Waals surface area contributed by atoms with Crippen LogP contribution in [0.2, 0.25) is 0 Å². The first-order valence-corrected chi connectivity index (χ1v) is 19.0. The van der Waals surface area contributed by atoms with E-state index < -0.39 is 5.97 Å². The summed E-state index contributed by atoms with van der Waals surface area (Å²) < 4.78 is 5.70. The molecule has 0 saturated carbocycles. The van der Waals surface area contributed by atoms with Crippen molar-refractivity contribution in [3.8, 4) is 0 Å². The lowest BCUT2D eigenvalue weighted by Gasteiger charge is -2.17. The van der Waals surface area contributed by atoms with Crippen molar-refractivity contribution in [2.24, 2.45) is 0 Å². The molecule has 0 rings (SSSR count). The molecule has 0 bridgehead atoms. The van der Waals surface area contributed by atoms with Crippen LogP contribution in [0.25, 0.3) is 0 Å². The fraction of sp³-hybridized carbons (Fsp3) is 0.947. The highest BCUT2D eigenvalue weighted by Gasteiger charge is 2.16. The summed E-state index contributed by atoms with van der Waals surface area (Å²) in [5.74, 6) is -0.945. The van der Waals surface area contributed by atoms with Gasteiger partial charge in [-0.15, -0.1) is 0 Å². The van der Waals surface area contributed by atoms with Gasteiger partial charge in [0.05, 0.1) is 0 Å². The van der Waals surface area contributed by atoms with Gasteiger partial charge in [0, 0.05) is 12.8 Å². The van der Waals surface area contributed by atoms with Gasteiger partial charge in [0.15, 0.2) is 0 Å². The molecule has 0 aliphatic rings. The number of hydrogen-bond donors (Lipinski definition) is 1. The Kier molecular flexibility index (Phi) is 33.6. The van der Waals surface area contributed by atoms with Gasteiger partial charge in [-0.05, 0) is 25.7 Å². The average molecular weight is 595 g/mol. The van der Waals surface area contributed by atoms with E-state index in [1.165, 1.54) is 161 Å². The van der Waals surface area contributed by atoms with Crippen LogP contribution >= 0.6 is 0 Å². The van der Waals surface area contributed by atoms with E-state index in [2.05, 4.69) is 13.8 Å². The third-order valence-electron chi connectivity index (χ3n) is 8.84. The van der Waals surface area contributed by atoms with Crippen LogP contribution in [0.5, 0.6) is 0 Å². The molecule has 42 heavy (non-hydrogen) atoms. The van der Waals surface area contributed by atoms with Gasteiger partial charge in [0.25, 0.3) is 0 Å². The molecule has 0 fully saturated rings. The third kappa shape index (κ3) is 33.4. The molecule has 0 aliphatic heterocycles. The molecule has 0 aromatic heterocycles. The first-order chi connectivity index (χ1) is 20.6. The van der Waals surface area contributed by atoms with Crippen molar-refractivity contribution >= 4 is 11.9 Å². The van der Waals surface area contributed by atoms with E-state index in [1.54, 1.807) is 0 Å². The lowest BCUT2D eigenvalue weighted by Crippen LogP contribution is -2.19. The first kappa shape index (κ1) is 40.9. The predicted octanol–water partition coefficient (Wildman–Crippen LogP) is 12.9. The molecule has 4 nitrogen and oxygen atoms in total. The second kappa shape index (κ2) is 34.4. The van der Waals surface area contributed by atoms with Crippen LogP contribution in [-0.4, -0.2) is 23.1 Å². The lowest BCUT2D eigenvalue weighted by molar-refractivity contribution is -0.151. The molecule has 0 saturated heterocycles. The van der Waals surface area contributed by atoms with Gasteiger partial charge < -0.3 is 9.84 Å². The Hall–Kier alpha value is -1.06. The van der Waals surface area contributed by atoms with Crippen molar-refractivity contribution in [3.05, 3.63) is 0 Å². The van der Waals surface area contributed by atoms with E-state index in [0.717, 1.165) is 32.1 Å². The highest BCUT2D eigenvalue weighted by atomic mass is 16.5. The molecular weight excluding hydrogens is 520 g/mol. The molecule has 0 spiro atoms. The van der Waals surface area contributed by atoms with E-state index in [-0.39, 0.29) is 18.5 Å². The van der Waals surface area contributed by atoms with Crippen LogP contribution in [0, 0.1) is 0 Å². The fourth-order valence-corrected chi connectivity index (χ4v) is 6.00. The third-order valence-corrected chi connectivity index (χ3v) is 8.84. The Morgan fingerprint density at radius 2 is 0.738 bits per heavy atom. The van der Waals surface area contributed by atoms with Gasteiger partial charge in [-0.3, -0.25) is 9.59 Å². The maximum atomic E-state index is 12.4. The quantitative estimate of drug-likeness (QED) is 0.0585. The van der Waals surface area contributed by atoms with Crippen molar-refractivity contribution in [2.75, 3.05) is 0 Å². The Labute approximate surface area is 262 Å². The molecule has 0 amide bonds. The van der Waals surface area contributed by atoms with Crippen LogP contribution in [0.15, 0.2) is 0 Å². The van der Waals surface area contributed by atoms with E-state index >= 15 is 0 Å². The summed E-state index contributed by atoms with van der Waals surface area (Å²) in [7, 11) is 0. The largest absolute Gasteiger partial charge is 0.481 e. The van der Waals surface area contributed by atoms with Crippen molar-refractivity contribution in [1.29, 1.82) is 0 Å². The summed E-state index contributed by atoms with van der Waals surface area (Å²) in [6.07, 6.45) is 39.9. The van der Waals surface area contributed by atoms with Gasteiger partial charge in [-0.1, -0.05) is 187 Å². The number of carboxylic acid groups (broad SMARTS) is 1. The summed E-state index contributed by atoms with van der Waals surface area (Å²) in [4.78, 5) is 23.4. The minimum absolute atomic E-state index is 0.0777. The summed E-state index contributed by atoms with van der Waals surface area (Å²) in [6.45, 7) is 4.53. The normalized spacial score (nSPS) is 12.0. The molecular formula is C38H74O4. The van der Waals surface area contributed by atoms with E-state index in [4.69, 9.17) is 9.84 Å². The highest BCUT2D eigenvalue weighted by Crippen LogP contribution is 2.18. The van der Waals surface area contributed by atoms with E-state index in [9.17, 15) is 9.59 Å².